The number of nitrogens with one attached hydrogen (secondary N) is 1. The second-order valence-corrected chi connectivity index (χ2v) is 6.47. The first kappa shape index (κ1) is 17.6. The lowest BCUT2D eigenvalue weighted by molar-refractivity contribution is -0.126. The molecule has 0 aliphatic rings. The van der Waals surface area contributed by atoms with E-state index in [1.54, 1.807) is 12.1 Å². The minimum absolute atomic E-state index is 0.0302. The second kappa shape index (κ2) is 7.53. The molecule has 1 aromatic carbocycles. The third-order valence-corrected chi connectivity index (χ3v) is 4.37. The minimum atomic E-state index is -3.68. The molecule has 0 aliphatic heterocycles. The lowest BCUT2D eigenvalue weighted by atomic mass is 10.1. The van der Waals surface area contributed by atoms with Crippen LogP contribution in [-0.2, 0) is 21.4 Å². The van der Waals surface area contributed by atoms with Gasteiger partial charge in [0.1, 0.15) is 0 Å². The van der Waals surface area contributed by atoms with Crippen LogP contribution in [0.5, 0.6) is 0 Å². The van der Waals surface area contributed by atoms with E-state index in [1.165, 1.54) is 12.1 Å². The van der Waals surface area contributed by atoms with Crippen LogP contribution in [0.4, 0.5) is 0 Å². The first-order valence-corrected chi connectivity index (χ1v) is 8.43. The number of hydrogen-bond donors (Lipinski definition) is 2. The summed E-state index contributed by atoms with van der Waals surface area (Å²) in [6.07, 6.45) is 0.737. The van der Waals surface area contributed by atoms with Gasteiger partial charge in [0.15, 0.2) is 0 Å². The average Bonchev–Trinajstić information content (AvgIpc) is 2.45. The first-order valence-electron chi connectivity index (χ1n) is 6.89. The first-order chi connectivity index (χ1) is 9.79. The van der Waals surface area contributed by atoms with Crippen LogP contribution in [0.1, 0.15) is 25.8 Å². The molecule has 0 heterocycles. The van der Waals surface area contributed by atoms with Gasteiger partial charge in [0, 0.05) is 6.54 Å². The van der Waals surface area contributed by atoms with E-state index in [-0.39, 0.29) is 16.8 Å². The smallest absolute Gasteiger partial charge is 0.238 e. The van der Waals surface area contributed by atoms with Gasteiger partial charge in [0.2, 0.25) is 15.9 Å². The highest BCUT2D eigenvalue weighted by Gasteiger charge is 2.19. The monoisotopic (exact) mass is 313 g/mol. The molecule has 0 aliphatic carbocycles. The molecule has 0 saturated heterocycles. The zero-order valence-electron chi connectivity index (χ0n) is 12.7. The lowest BCUT2D eigenvalue weighted by Crippen LogP contribution is -2.44. The Labute approximate surface area is 126 Å². The minimum Gasteiger partial charge on any atom is -0.351 e. The largest absolute Gasteiger partial charge is 0.351 e. The zero-order valence-corrected chi connectivity index (χ0v) is 13.5. The molecule has 1 amide bonds. The molecule has 7 heteroatoms. The number of primary sulfonamides is 1. The third-order valence-electron chi connectivity index (χ3n) is 3.44. The fourth-order valence-electron chi connectivity index (χ4n) is 2.02. The molecular formula is C14H23N3O3S. The average molecular weight is 313 g/mol. The predicted molar refractivity (Wildman–Crippen MR) is 82.0 cm³/mol. The summed E-state index contributed by atoms with van der Waals surface area (Å²) in [5, 5.41) is 7.89. The molecule has 0 radical (unpaired) electrons. The molecule has 6 nitrogen and oxygen atoms in total. The maximum Gasteiger partial charge on any atom is 0.238 e. The second-order valence-electron chi connectivity index (χ2n) is 4.90. The number of rotatable bonds is 7. The number of carbonyl (C=O) groups is 1. The van der Waals surface area contributed by atoms with Crippen molar-refractivity contribution in [3.63, 3.8) is 0 Å². The molecule has 0 aromatic heterocycles. The van der Waals surface area contributed by atoms with Gasteiger partial charge in [-0.2, -0.15) is 0 Å². The van der Waals surface area contributed by atoms with E-state index in [0.29, 0.717) is 6.54 Å². The Kier molecular flexibility index (Phi) is 6.32. The summed E-state index contributed by atoms with van der Waals surface area (Å²) in [5.74, 6) is -0.0302. The summed E-state index contributed by atoms with van der Waals surface area (Å²) in [4.78, 5) is 14.2. The molecule has 1 rings (SSSR count). The highest BCUT2D eigenvalue weighted by Crippen LogP contribution is 2.09. The number of carbonyl (C=O) groups excluding carboxylic acids is 1. The third kappa shape index (κ3) is 5.11. The Morgan fingerprint density at radius 1 is 1.29 bits per heavy atom. The Morgan fingerprint density at radius 2 is 1.86 bits per heavy atom. The van der Waals surface area contributed by atoms with E-state index in [2.05, 4.69) is 5.32 Å². The zero-order chi connectivity index (χ0) is 16.0. The van der Waals surface area contributed by atoms with Gasteiger partial charge < -0.3 is 5.32 Å². The van der Waals surface area contributed by atoms with Gasteiger partial charge in [-0.3, -0.25) is 9.69 Å². The molecule has 0 fully saturated rings. The van der Waals surface area contributed by atoms with Gasteiger partial charge in [0.25, 0.3) is 0 Å². The van der Waals surface area contributed by atoms with Crippen molar-refractivity contribution in [3.8, 4) is 0 Å². The van der Waals surface area contributed by atoms with Gasteiger partial charge in [-0.05, 0) is 37.7 Å². The molecular weight excluding hydrogens is 290 g/mol. The fourth-order valence-corrected chi connectivity index (χ4v) is 2.54. The standard InChI is InChI=1S/C14H23N3O3S/c1-4-13(17(3)5-2)14(18)16-10-11-6-8-12(9-7-11)21(15,19)20/h6-9,13H,4-5,10H2,1-3H3,(H,16,18)(H2,15,19,20). The number of benzene rings is 1. The van der Waals surface area contributed by atoms with Crippen LogP contribution in [0.25, 0.3) is 0 Å². The maximum atomic E-state index is 12.1. The highest BCUT2D eigenvalue weighted by molar-refractivity contribution is 7.89. The summed E-state index contributed by atoms with van der Waals surface area (Å²) in [6, 6.07) is 6.01. The van der Waals surface area contributed by atoms with E-state index in [0.717, 1.165) is 18.5 Å². The number of likely N-dealkylation sites (N-methyl/N-ethyl adjacent to an activating group) is 1. The molecule has 118 valence electrons. The van der Waals surface area contributed by atoms with Crippen molar-refractivity contribution in [1.82, 2.24) is 10.2 Å². The number of hydrogen-bond acceptors (Lipinski definition) is 4. The quantitative estimate of drug-likeness (QED) is 0.774. The van der Waals surface area contributed by atoms with Crippen LogP contribution in [0.3, 0.4) is 0 Å². The van der Waals surface area contributed by atoms with E-state index in [9.17, 15) is 13.2 Å². The van der Waals surface area contributed by atoms with Crippen molar-refractivity contribution in [1.29, 1.82) is 0 Å². The van der Waals surface area contributed by atoms with Crippen molar-refractivity contribution in [2.75, 3.05) is 13.6 Å². The molecule has 3 N–H and O–H groups in total. The Morgan fingerprint density at radius 3 is 2.29 bits per heavy atom. The molecule has 1 aromatic rings. The summed E-state index contributed by atoms with van der Waals surface area (Å²) in [5.41, 5.74) is 0.824. The van der Waals surface area contributed by atoms with Gasteiger partial charge in [0.05, 0.1) is 10.9 Å². The van der Waals surface area contributed by atoms with Crippen LogP contribution in [-0.4, -0.2) is 38.9 Å². The molecule has 0 spiro atoms. The number of sulfonamides is 1. The summed E-state index contributed by atoms with van der Waals surface area (Å²) >= 11 is 0. The summed E-state index contributed by atoms with van der Waals surface area (Å²) < 4.78 is 22.3. The molecule has 0 bridgehead atoms. The molecule has 21 heavy (non-hydrogen) atoms. The van der Waals surface area contributed by atoms with Crippen molar-refractivity contribution < 1.29 is 13.2 Å². The van der Waals surface area contributed by atoms with Gasteiger partial charge in [-0.15, -0.1) is 0 Å². The van der Waals surface area contributed by atoms with Gasteiger partial charge >= 0.3 is 0 Å². The number of nitrogens with two attached hydrogens (primary N) is 1. The summed E-state index contributed by atoms with van der Waals surface area (Å²) in [7, 11) is -1.77. The lowest BCUT2D eigenvalue weighted by Gasteiger charge is -2.24. The molecule has 1 atom stereocenters. The Hall–Kier alpha value is -1.44. The van der Waals surface area contributed by atoms with Crippen molar-refractivity contribution in [3.05, 3.63) is 29.8 Å². The fraction of sp³-hybridized carbons (Fsp3) is 0.500. The topological polar surface area (TPSA) is 92.5 Å². The van der Waals surface area contributed by atoms with E-state index in [1.807, 2.05) is 25.8 Å². The Bertz CT molecular complexity index is 570. The molecule has 1 unspecified atom stereocenters. The van der Waals surface area contributed by atoms with Crippen molar-refractivity contribution in [2.45, 2.75) is 37.8 Å². The van der Waals surface area contributed by atoms with Gasteiger partial charge in [-0.25, -0.2) is 13.6 Å². The van der Waals surface area contributed by atoms with Crippen LogP contribution >= 0.6 is 0 Å². The van der Waals surface area contributed by atoms with Crippen LogP contribution in [0.2, 0.25) is 0 Å². The van der Waals surface area contributed by atoms with Crippen LogP contribution in [0.15, 0.2) is 29.2 Å². The predicted octanol–water partition coefficient (Wildman–Crippen LogP) is 0.681. The van der Waals surface area contributed by atoms with Crippen molar-refractivity contribution >= 4 is 15.9 Å². The SMILES string of the molecule is CCC(C(=O)NCc1ccc(S(N)(=O)=O)cc1)N(C)CC. The molecule has 0 saturated carbocycles. The number of amides is 1. The maximum absolute atomic E-state index is 12.1. The normalized spacial score (nSPS) is 13.2. The van der Waals surface area contributed by atoms with E-state index >= 15 is 0 Å². The van der Waals surface area contributed by atoms with Crippen LogP contribution in [0, 0.1) is 0 Å². The highest BCUT2D eigenvalue weighted by atomic mass is 32.2. The number of nitrogens with zero attached hydrogens (tertiary/aromatic N) is 1. The van der Waals surface area contributed by atoms with E-state index < -0.39 is 10.0 Å². The van der Waals surface area contributed by atoms with Gasteiger partial charge in [-0.1, -0.05) is 26.0 Å². The summed E-state index contributed by atoms with van der Waals surface area (Å²) in [6.45, 7) is 5.13. The Balaban J connectivity index is 2.65. The van der Waals surface area contributed by atoms with Crippen LogP contribution < -0.4 is 10.5 Å². The van der Waals surface area contributed by atoms with E-state index in [4.69, 9.17) is 5.14 Å². The van der Waals surface area contributed by atoms with Crippen molar-refractivity contribution in [2.24, 2.45) is 5.14 Å².